The van der Waals surface area contributed by atoms with Gasteiger partial charge in [0.2, 0.25) is 0 Å². The quantitative estimate of drug-likeness (QED) is 0.700. The minimum Gasteiger partial charge on any atom is -0.384 e. The van der Waals surface area contributed by atoms with Crippen LogP contribution in [0.25, 0.3) is 11.5 Å². The van der Waals surface area contributed by atoms with Gasteiger partial charge in [-0.05, 0) is 24.3 Å². The van der Waals surface area contributed by atoms with E-state index in [1.165, 1.54) is 6.33 Å². The molecule has 4 nitrogen and oxygen atoms in total. The Kier molecular flexibility index (Phi) is 2.77. The SMILES string of the molecule is OCC#Cc1ccc(-c2ncno2)cc1. The highest BCUT2D eigenvalue weighted by Crippen LogP contribution is 2.15. The molecular weight excluding hydrogens is 192 g/mol. The molecule has 0 aliphatic rings. The summed E-state index contributed by atoms with van der Waals surface area (Å²) in [5, 5.41) is 12.0. The van der Waals surface area contributed by atoms with E-state index in [2.05, 4.69) is 22.0 Å². The zero-order valence-electron chi connectivity index (χ0n) is 7.84. The molecule has 0 aliphatic heterocycles. The highest BCUT2D eigenvalue weighted by atomic mass is 16.5. The fraction of sp³-hybridized carbons (Fsp3) is 0.0909. The van der Waals surface area contributed by atoms with Gasteiger partial charge in [0.05, 0.1) is 0 Å². The van der Waals surface area contributed by atoms with Gasteiger partial charge in [-0.2, -0.15) is 4.98 Å². The van der Waals surface area contributed by atoms with Crippen molar-refractivity contribution >= 4 is 0 Å². The molecule has 0 saturated carbocycles. The van der Waals surface area contributed by atoms with Crippen molar-refractivity contribution in [3.05, 3.63) is 36.2 Å². The van der Waals surface area contributed by atoms with E-state index in [9.17, 15) is 0 Å². The van der Waals surface area contributed by atoms with Gasteiger partial charge >= 0.3 is 0 Å². The van der Waals surface area contributed by atoms with E-state index in [0.29, 0.717) is 5.89 Å². The third-order valence-corrected chi connectivity index (χ3v) is 1.80. The summed E-state index contributed by atoms with van der Waals surface area (Å²) in [5.41, 5.74) is 1.69. The molecule has 0 radical (unpaired) electrons. The molecule has 0 bridgehead atoms. The summed E-state index contributed by atoms with van der Waals surface area (Å²) in [6.45, 7) is -0.134. The van der Waals surface area contributed by atoms with Gasteiger partial charge in [-0.1, -0.05) is 17.0 Å². The van der Waals surface area contributed by atoms with Gasteiger partial charge in [0, 0.05) is 11.1 Å². The topological polar surface area (TPSA) is 59.2 Å². The number of hydrogen-bond donors (Lipinski definition) is 1. The van der Waals surface area contributed by atoms with Crippen molar-refractivity contribution in [2.75, 3.05) is 6.61 Å². The van der Waals surface area contributed by atoms with Crippen molar-refractivity contribution in [2.45, 2.75) is 0 Å². The van der Waals surface area contributed by atoms with Crippen LogP contribution in [0.3, 0.4) is 0 Å². The Morgan fingerprint density at radius 1 is 1.27 bits per heavy atom. The number of aliphatic hydroxyl groups is 1. The lowest BCUT2D eigenvalue weighted by Crippen LogP contribution is -1.79. The molecule has 1 heterocycles. The summed E-state index contributed by atoms with van der Waals surface area (Å²) in [7, 11) is 0. The first-order valence-corrected chi connectivity index (χ1v) is 4.37. The van der Waals surface area contributed by atoms with Crippen molar-refractivity contribution in [1.82, 2.24) is 10.1 Å². The molecule has 4 heteroatoms. The number of aromatic nitrogens is 2. The van der Waals surface area contributed by atoms with Gasteiger partial charge in [-0.3, -0.25) is 0 Å². The van der Waals surface area contributed by atoms with Crippen molar-refractivity contribution < 1.29 is 9.63 Å². The third-order valence-electron chi connectivity index (χ3n) is 1.80. The van der Waals surface area contributed by atoms with E-state index >= 15 is 0 Å². The first-order chi connectivity index (χ1) is 7.40. The Morgan fingerprint density at radius 3 is 2.67 bits per heavy atom. The van der Waals surface area contributed by atoms with Crippen LogP contribution in [-0.2, 0) is 0 Å². The second kappa shape index (κ2) is 4.40. The van der Waals surface area contributed by atoms with Gasteiger partial charge in [0.25, 0.3) is 5.89 Å². The molecular formula is C11H8N2O2. The fourth-order valence-electron chi connectivity index (χ4n) is 1.14. The molecule has 1 aromatic heterocycles. The number of nitrogens with zero attached hydrogens (tertiary/aromatic N) is 2. The molecule has 0 saturated heterocycles. The minimum atomic E-state index is -0.134. The predicted octanol–water partition coefficient (Wildman–Crippen LogP) is 1.08. The molecule has 1 N–H and O–H groups in total. The second-order valence-corrected chi connectivity index (χ2v) is 2.78. The Labute approximate surface area is 86.6 Å². The Balaban J connectivity index is 2.25. The summed E-state index contributed by atoms with van der Waals surface area (Å²) >= 11 is 0. The maximum absolute atomic E-state index is 8.53. The van der Waals surface area contributed by atoms with Crippen molar-refractivity contribution in [2.24, 2.45) is 0 Å². The first kappa shape index (κ1) is 9.44. The van der Waals surface area contributed by atoms with Crippen LogP contribution < -0.4 is 0 Å². The number of benzene rings is 1. The van der Waals surface area contributed by atoms with Crippen LogP contribution in [0.4, 0.5) is 0 Å². The van der Waals surface area contributed by atoms with Gasteiger partial charge in [-0.15, -0.1) is 0 Å². The summed E-state index contributed by atoms with van der Waals surface area (Å²) in [4.78, 5) is 3.92. The van der Waals surface area contributed by atoms with E-state index in [1.807, 2.05) is 24.3 Å². The van der Waals surface area contributed by atoms with Crippen LogP contribution in [0.15, 0.2) is 35.1 Å². The van der Waals surface area contributed by atoms with E-state index in [0.717, 1.165) is 11.1 Å². The molecule has 0 atom stereocenters. The highest BCUT2D eigenvalue weighted by molar-refractivity contribution is 5.54. The van der Waals surface area contributed by atoms with Crippen molar-refractivity contribution in [3.63, 3.8) is 0 Å². The molecule has 74 valence electrons. The zero-order chi connectivity index (χ0) is 10.5. The smallest absolute Gasteiger partial charge is 0.257 e. The zero-order valence-corrected chi connectivity index (χ0v) is 7.84. The van der Waals surface area contributed by atoms with Crippen LogP contribution in [0, 0.1) is 11.8 Å². The van der Waals surface area contributed by atoms with Crippen LogP contribution in [-0.4, -0.2) is 21.9 Å². The van der Waals surface area contributed by atoms with Crippen LogP contribution >= 0.6 is 0 Å². The Hall–Kier alpha value is -2.12. The summed E-state index contributed by atoms with van der Waals surface area (Å²) < 4.78 is 4.90. The molecule has 1 aromatic carbocycles. The molecule has 0 spiro atoms. The van der Waals surface area contributed by atoms with Crippen LogP contribution in [0.5, 0.6) is 0 Å². The fourth-order valence-corrected chi connectivity index (χ4v) is 1.14. The molecule has 0 fully saturated rings. The van der Waals surface area contributed by atoms with Crippen molar-refractivity contribution in [1.29, 1.82) is 0 Å². The number of aliphatic hydroxyl groups excluding tert-OH is 1. The maximum Gasteiger partial charge on any atom is 0.257 e. The summed E-state index contributed by atoms with van der Waals surface area (Å²) in [5.74, 6) is 5.86. The molecule has 2 rings (SSSR count). The van der Waals surface area contributed by atoms with E-state index in [-0.39, 0.29) is 6.61 Å². The van der Waals surface area contributed by atoms with E-state index in [1.54, 1.807) is 0 Å². The van der Waals surface area contributed by atoms with E-state index < -0.39 is 0 Å². The lowest BCUT2D eigenvalue weighted by atomic mass is 10.1. The molecule has 0 aliphatic carbocycles. The highest BCUT2D eigenvalue weighted by Gasteiger charge is 2.01. The molecule has 0 amide bonds. The minimum absolute atomic E-state index is 0.134. The van der Waals surface area contributed by atoms with Crippen LogP contribution in [0.1, 0.15) is 5.56 Å². The Morgan fingerprint density at radius 2 is 2.07 bits per heavy atom. The lowest BCUT2D eigenvalue weighted by Gasteiger charge is -1.93. The van der Waals surface area contributed by atoms with Crippen molar-refractivity contribution in [3.8, 4) is 23.3 Å². The Bertz CT molecular complexity index is 478. The summed E-state index contributed by atoms with van der Waals surface area (Å²) in [6, 6.07) is 7.36. The van der Waals surface area contributed by atoms with Gasteiger partial charge in [0.1, 0.15) is 6.61 Å². The predicted molar refractivity (Wildman–Crippen MR) is 53.7 cm³/mol. The van der Waals surface area contributed by atoms with Gasteiger partial charge in [-0.25, -0.2) is 0 Å². The largest absolute Gasteiger partial charge is 0.384 e. The van der Waals surface area contributed by atoms with Gasteiger partial charge < -0.3 is 9.63 Å². The summed E-state index contributed by atoms with van der Waals surface area (Å²) in [6.07, 6.45) is 1.36. The van der Waals surface area contributed by atoms with E-state index in [4.69, 9.17) is 9.63 Å². The second-order valence-electron chi connectivity index (χ2n) is 2.78. The number of rotatable bonds is 1. The van der Waals surface area contributed by atoms with Crippen LogP contribution in [0.2, 0.25) is 0 Å². The third kappa shape index (κ3) is 2.22. The number of hydrogen-bond acceptors (Lipinski definition) is 4. The normalized spacial score (nSPS) is 9.40. The average molecular weight is 200 g/mol. The molecule has 2 aromatic rings. The lowest BCUT2D eigenvalue weighted by molar-refractivity contribution is 0.350. The monoisotopic (exact) mass is 200 g/mol. The standard InChI is InChI=1S/C11H8N2O2/c14-7-1-2-9-3-5-10(6-4-9)11-12-8-13-15-11/h3-6,8,14H,7H2. The average Bonchev–Trinajstić information content (AvgIpc) is 2.80. The van der Waals surface area contributed by atoms with Gasteiger partial charge in [0.15, 0.2) is 6.33 Å². The molecule has 15 heavy (non-hydrogen) atoms. The maximum atomic E-state index is 8.53. The first-order valence-electron chi connectivity index (χ1n) is 4.37. The molecule has 0 unspecified atom stereocenters.